The number of allylic oxidation sites excluding steroid dienone is 1. The fourth-order valence-corrected chi connectivity index (χ4v) is 3.45. The topological polar surface area (TPSA) is 61.8 Å². The Morgan fingerprint density at radius 3 is 2.48 bits per heavy atom. The molecule has 4 rings (SSSR count). The van der Waals surface area contributed by atoms with Crippen molar-refractivity contribution in [3.63, 3.8) is 0 Å². The van der Waals surface area contributed by atoms with Gasteiger partial charge in [0.25, 0.3) is 0 Å². The van der Waals surface area contributed by atoms with Crippen molar-refractivity contribution < 1.29 is 23.8 Å². The van der Waals surface area contributed by atoms with Crippen LogP contribution >= 0.6 is 0 Å². The third-order valence-corrected chi connectivity index (χ3v) is 4.90. The number of hydrogen-bond acceptors (Lipinski definition) is 5. The molecule has 3 aromatic rings. The molecule has 1 aliphatic heterocycles. The van der Waals surface area contributed by atoms with Crippen LogP contribution in [0.5, 0.6) is 17.2 Å². The number of carbonyl (C=O) groups excluding carboxylic acids is 2. The summed E-state index contributed by atoms with van der Waals surface area (Å²) < 4.78 is 16.8. The van der Waals surface area contributed by atoms with Crippen molar-refractivity contribution in [2.75, 3.05) is 6.61 Å². The van der Waals surface area contributed by atoms with Crippen LogP contribution in [0.1, 0.15) is 44.3 Å². The van der Waals surface area contributed by atoms with Gasteiger partial charge in [-0.1, -0.05) is 29.8 Å². The summed E-state index contributed by atoms with van der Waals surface area (Å²) in [6.45, 7) is 6.22. The third-order valence-electron chi connectivity index (χ3n) is 4.90. The van der Waals surface area contributed by atoms with Crippen molar-refractivity contribution in [2.24, 2.45) is 0 Å². The lowest BCUT2D eigenvalue weighted by molar-refractivity contribution is 0.0734. The molecule has 0 saturated heterocycles. The summed E-state index contributed by atoms with van der Waals surface area (Å²) in [6.07, 6.45) is 1.69. The molecule has 0 radical (unpaired) electrons. The highest BCUT2D eigenvalue weighted by Gasteiger charge is 2.30. The Bertz CT molecular complexity index is 1190. The highest BCUT2D eigenvalue weighted by molar-refractivity contribution is 6.15. The third kappa shape index (κ3) is 4.36. The summed E-state index contributed by atoms with van der Waals surface area (Å²) >= 11 is 0. The first-order valence-corrected chi connectivity index (χ1v) is 10.0. The molecule has 0 spiro atoms. The minimum Gasteiger partial charge on any atom is -0.494 e. The largest absolute Gasteiger partial charge is 0.494 e. The minimum atomic E-state index is -0.461. The van der Waals surface area contributed by atoms with E-state index in [9.17, 15) is 9.59 Å². The number of aryl methyl sites for hydroxylation is 2. The Morgan fingerprint density at radius 1 is 1.00 bits per heavy atom. The number of carbonyl (C=O) groups is 2. The zero-order valence-electron chi connectivity index (χ0n) is 17.6. The molecule has 31 heavy (non-hydrogen) atoms. The zero-order chi connectivity index (χ0) is 22.0. The Morgan fingerprint density at radius 2 is 1.77 bits per heavy atom. The van der Waals surface area contributed by atoms with Crippen molar-refractivity contribution in [3.8, 4) is 17.2 Å². The van der Waals surface area contributed by atoms with Gasteiger partial charge in [0.2, 0.25) is 5.78 Å². The second kappa shape index (κ2) is 8.48. The summed E-state index contributed by atoms with van der Waals surface area (Å²) in [5.74, 6) is 1.05. The van der Waals surface area contributed by atoms with Crippen LogP contribution in [0, 0.1) is 13.8 Å². The molecule has 1 aliphatic rings. The van der Waals surface area contributed by atoms with Crippen molar-refractivity contribution in [1.82, 2.24) is 0 Å². The summed E-state index contributed by atoms with van der Waals surface area (Å²) in [4.78, 5) is 25.3. The molecule has 156 valence electrons. The van der Waals surface area contributed by atoms with E-state index < -0.39 is 5.97 Å². The summed E-state index contributed by atoms with van der Waals surface area (Å²) in [5, 5.41) is 0. The average Bonchev–Trinajstić information content (AvgIpc) is 3.05. The zero-order valence-corrected chi connectivity index (χ0v) is 17.6. The van der Waals surface area contributed by atoms with Gasteiger partial charge in [0.1, 0.15) is 17.2 Å². The number of Topliss-reactive ketones (excluding diaryl/α,β-unsaturated/α-hetero) is 1. The van der Waals surface area contributed by atoms with Crippen LogP contribution in [0.3, 0.4) is 0 Å². The molecule has 0 atom stereocenters. The molecule has 0 unspecified atom stereocenters. The van der Waals surface area contributed by atoms with Gasteiger partial charge in [-0.3, -0.25) is 4.79 Å². The molecule has 0 aromatic heterocycles. The van der Waals surface area contributed by atoms with Gasteiger partial charge in [0, 0.05) is 6.07 Å². The number of benzene rings is 3. The second-order valence-corrected chi connectivity index (χ2v) is 7.31. The molecule has 0 N–H and O–H groups in total. The lowest BCUT2D eigenvalue weighted by Gasteiger charge is -2.08. The molecular formula is C26H22O5. The quantitative estimate of drug-likeness (QED) is 0.312. The van der Waals surface area contributed by atoms with E-state index in [1.165, 1.54) is 0 Å². The van der Waals surface area contributed by atoms with Gasteiger partial charge in [0.05, 0.1) is 17.7 Å². The second-order valence-electron chi connectivity index (χ2n) is 7.31. The highest BCUT2D eigenvalue weighted by Crippen LogP contribution is 2.37. The predicted molar refractivity (Wildman–Crippen MR) is 118 cm³/mol. The van der Waals surface area contributed by atoms with E-state index in [1.807, 2.05) is 44.2 Å². The van der Waals surface area contributed by atoms with E-state index >= 15 is 0 Å². The fraction of sp³-hybridized carbons (Fsp3) is 0.154. The van der Waals surface area contributed by atoms with Crippen LogP contribution in [-0.4, -0.2) is 18.4 Å². The van der Waals surface area contributed by atoms with Crippen molar-refractivity contribution >= 4 is 17.8 Å². The van der Waals surface area contributed by atoms with E-state index in [4.69, 9.17) is 14.2 Å². The first kappa shape index (κ1) is 20.4. The lowest BCUT2D eigenvalue weighted by Crippen LogP contribution is -2.09. The number of hydrogen-bond donors (Lipinski definition) is 0. The number of rotatable bonds is 5. The molecule has 5 nitrogen and oxygen atoms in total. The van der Waals surface area contributed by atoms with E-state index in [2.05, 4.69) is 0 Å². The molecule has 0 amide bonds. The summed E-state index contributed by atoms with van der Waals surface area (Å²) in [6, 6.07) is 17.8. The number of ketones is 1. The molecule has 5 heteroatoms. The fourth-order valence-electron chi connectivity index (χ4n) is 3.45. The van der Waals surface area contributed by atoms with Crippen LogP contribution < -0.4 is 14.2 Å². The van der Waals surface area contributed by atoms with Gasteiger partial charge in [-0.25, -0.2) is 4.79 Å². The lowest BCUT2D eigenvalue weighted by atomic mass is 10.0. The summed E-state index contributed by atoms with van der Waals surface area (Å²) in [7, 11) is 0. The summed E-state index contributed by atoms with van der Waals surface area (Å²) in [5.41, 5.74) is 3.42. The number of fused-ring (bicyclic) bond motifs is 1. The van der Waals surface area contributed by atoms with Crippen LogP contribution in [0.25, 0.3) is 6.08 Å². The molecule has 1 heterocycles. The van der Waals surface area contributed by atoms with Crippen LogP contribution in [-0.2, 0) is 0 Å². The van der Waals surface area contributed by atoms with Gasteiger partial charge < -0.3 is 14.2 Å². The van der Waals surface area contributed by atoms with E-state index in [1.54, 1.807) is 43.3 Å². The molecule has 0 bridgehead atoms. The molecule has 0 fully saturated rings. The predicted octanol–water partition coefficient (Wildman–Crippen LogP) is 5.54. The molecule has 0 aliphatic carbocycles. The Kier molecular flexibility index (Phi) is 5.58. The SMILES string of the molecule is CCOc1ccc(/C=C2\Oc3cc(OC(=O)c4cccc(C)c4)cc(C)c3C2=O)cc1. The molecule has 0 saturated carbocycles. The van der Waals surface area contributed by atoms with Crippen LogP contribution in [0.4, 0.5) is 0 Å². The van der Waals surface area contributed by atoms with Crippen LogP contribution in [0.2, 0.25) is 0 Å². The first-order chi connectivity index (χ1) is 14.9. The van der Waals surface area contributed by atoms with Gasteiger partial charge in [-0.2, -0.15) is 0 Å². The monoisotopic (exact) mass is 414 g/mol. The van der Waals surface area contributed by atoms with Gasteiger partial charge in [0.15, 0.2) is 5.76 Å². The maximum absolute atomic E-state index is 12.9. The molecule has 3 aromatic carbocycles. The maximum atomic E-state index is 12.9. The van der Waals surface area contributed by atoms with Crippen molar-refractivity contribution in [1.29, 1.82) is 0 Å². The van der Waals surface area contributed by atoms with Gasteiger partial charge >= 0.3 is 5.97 Å². The number of esters is 1. The maximum Gasteiger partial charge on any atom is 0.343 e. The first-order valence-electron chi connectivity index (χ1n) is 10.0. The van der Waals surface area contributed by atoms with Gasteiger partial charge in [-0.15, -0.1) is 0 Å². The minimum absolute atomic E-state index is 0.196. The molecular weight excluding hydrogens is 392 g/mol. The van der Waals surface area contributed by atoms with E-state index in [0.29, 0.717) is 34.8 Å². The Hall–Kier alpha value is -3.86. The number of ether oxygens (including phenoxy) is 3. The Labute approximate surface area is 180 Å². The average molecular weight is 414 g/mol. The smallest absolute Gasteiger partial charge is 0.343 e. The highest BCUT2D eigenvalue weighted by atomic mass is 16.5. The standard InChI is InChI=1S/C26H22O5/c1-4-29-20-10-8-18(9-11-20)14-23-25(27)24-17(3)13-21(15-22(24)31-23)30-26(28)19-7-5-6-16(2)12-19/h5-15H,4H2,1-3H3/b23-14-. The Balaban J connectivity index is 1.56. The van der Waals surface area contributed by atoms with Gasteiger partial charge in [-0.05, 0) is 68.3 Å². The van der Waals surface area contributed by atoms with E-state index in [0.717, 1.165) is 16.9 Å². The normalized spacial score (nSPS) is 13.6. The van der Waals surface area contributed by atoms with E-state index in [-0.39, 0.29) is 11.5 Å². The van der Waals surface area contributed by atoms with Crippen LogP contribution in [0.15, 0.2) is 66.4 Å². The van der Waals surface area contributed by atoms with Crippen molar-refractivity contribution in [2.45, 2.75) is 20.8 Å². The van der Waals surface area contributed by atoms with Crippen molar-refractivity contribution in [3.05, 3.63) is 94.2 Å².